The van der Waals surface area contributed by atoms with Crippen molar-refractivity contribution in [1.82, 2.24) is 24.4 Å². The molecule has 0 unspecified atom stereocenters. The number of rotatable bonds is 5. The second-order valence-electron chi connectivity index (χ2n) is 9.20. The van der Waals surface area contributed by atoms with Gasteiger partial charge in [-0.25, -0.2) is 9.50 Å². The van der Waals surface area contributed by atoms with Crippen LogP contribution in [0, 0.1) is 12.8 Å². The van der Waals surface area contributed by atoms with Crippen LogP contribution in [0.4, 0.5) is 0 Å². The molecule has 2 saturated heterocycles. The number of nitrogens with one attached hydrogen (secondary N) is 1. The fraction of sp³-hybridized carbons (Fsp3) is 0.652. The summed E-state index contributed by atoms with van der Waals surface area (Å²) in [6, 6.07) is 1.87. The van der Waals surface area contributed by atoms with Crippen LogP contribution in [-0.2, 0) is 20.7 Å². The molecule has 2 aliphatic heterocycles. The Kier molecular flexibility index (Phi) is 5.75. The molecule has 0 radical (unpaired) electrons. The minimum Gasteiger partial charge on any atom is -0.378 e. The van der Waals surface area contributed by atoms with Gasteiger partial charge in [0.1, 0.15) is 0 Å². The number of carbonyl (C=O) groups excluding carboxylic acids is 2. The zero-order valence-corrected chi connectivity index (χ0v) is 18.6. The van der Waals surface area contributed by atoms with Gasteiger partial charge >= 0.3 is 0 Å². The van der Waals surface area contributed by atoms with E-state index in [1.54, 1.807) is 4.90 Å². The van der Waals surface area contributed by atoms with Crippen LogP contribution in [0.5, 0.6) is 0 Å². The highest BCUT2D eigenvalue weighted by Crippen LogP contribution is 2.36. The molecule has 2 amide bonds. The molecule has 0 aromatic carbocycles. The molecule has 2 aromatic rings. The van der Waals surface area contributed by atoms with Crippen molar-refractivity contribution in [3.8, 4) is 0 Å². The van der Waals surface area contributed by atoms with Gasteiger partial charge in [0.15, 0.2) is 5.65 Å². The maximum absolute atomic E-state index is 13.2. The summed E-state index contributed by atoms with van der Waals surface area (Å²) in [4.78, 5) is 47.0. The van der Waals surface area contributed by atoms with Crippen LogP contribution in [0.1, 0.15) is 61.5 Å². The molecule has 5 rings (SSSR count). The maximum Gasteiger partial charge on any atom is 0.276 e. The molecule has 4 heterocycles. The molecule has 0 spiro atoms. The van der Waals surface area contributed by atoms with Crippen molar-refractivity contribution in [2.24, 2.45) is 5.92 Å². The standard InChI is InChI=1S/C23H31N5O4/c1-15-17(7-8-21(29)26-10-12-32-13-11-26)23(31)28-20(24-15)14-18(25-28)19-6-3-9-27(19)22(30)16-4-2-5-16/h14,16,19,25H,2-13H2,1H3/t19-/m0/s1. The van der Waals surface area contributed by atoms with E-state index in [0.717, 1.165) is 44.3 Å². The quantitative estimate of drug-likeness (QED) is 0.760. The number of aromatic nitrogens is 3. The zero-order valence-electron chi connectivity index (χ0n) is 18.6. The number of ether oxygens (including phenoxy) is 1. The van der Waals surface area contributed by atoms with Gasteiger partial charge in [0.05, 0.1) is 24.9 Å². The number of likely N-dealkylation sites (tertiary alicyclic amines) is 1. The number of aryl methyl sites for hydroxylation is 1. The second-order valence-corrected chi connectivity index (χ2v) is 9.20. The number of amides is 2. The molecule has 1 aliphatic carbocycles. The highest BCUT2D eigenvalue weighted by Gasteiger charge is 2.37. The number of H-pyrrole nitrogens is 1. The lowest BCUT2D eigenvalue weighted by Gasteiger charge is -2.32. The van der Waals surface area contributed by atoms with E-state index in [9.17, 15) is 14.4 Å². The Labute approximate surface area is 186 Å². The Hall–Kier alpha value is -2.68. The number of morpholine rings is 1. The first-order chi connectivity index (χ1) is 15.5. The number of fused-ring (bicyclic) bond motifs is 1. The normalized spacial score (nSPS) is 21.8. The first-order valence-corrected chi connectivity index (χ1v) is 11.8. The number of carbonyl (C=O) groups is 2. The Balaban J connectivity index is 1.36. The van der Waals surface area contributed by atoms with Crippen LogP contribution in [0.15, 0.2) is 10.9 Å². The molecular weight excluding hydrogens is 410 g/mol. The van der Waals surface area contributed by atoms with Crippen molar-refractivity contribution in [1.29, 1.82) is 0 Å². The van der Waals surface area contributed by atoms with E-state index in [-0.39, 0.29) is 35.8 Å². The largest absolute Gasteiger partial charge is 0.378 e. The summed E-state index contributed by atoms with van der Waals surface area (Å²) in [7, 11) is 0. The van der Waals surface area contributed by atoms with Crippen LogP contribution in [0.25, 0.3) is 5.65 Å². The summed E-state index contributed by atoms with van der Waals surface area (Å²) in [6.07, 6.45) is 5.61. The average Bonchev–Trinajstić information content (AvgIpc) is 3.39. The van der Waals surface area contributed by atoms with Gasteiger partial charge in [-0.2, -0.15) is 0 Å². The van der Waals surface area contributed by atoms with Gasteiger partial charge in [0.2, 0.25) is 11.8 Å². The molecule has 1 N–H and O–H groups in total. The highest BCUT2D eigenvalue weighted by atomic mass is 16.5. The Morgan fingerprint density at radius 2 is 1.94 bits per heavy atom. The number of hydrogen-bond acceptors (Lipinski definition) is 5. The molecule has 1 atom stereocenters. The molecule has 0 bridgehead atoms. The zero-order chi connectivity index (χ0) is 22.2. The van der Waals surface area contributed by atoms with Crippen LogP contribution in [-0.4, -0.2) is 69.1 Å². The van der Waals surface area contributed by atoms with Gasteiger partial charge < -0.3 is 14.5 Å². The molecule has 3 aliphatic rings. The van der Waals surface area contributed by atoms with Crippen LogP contribution >= 0.6 is 0 Å². The summed E-state index contributed by atoms with van der Waals surface area (Å²) in [5, 5.41) is 3.22. The molecular formula is C23H31N5O4. The van der Waals surface area contributed by atoms with Gasteiger partial charge in [-0.15, -0.1) is 0 Å². The fourth-order valence-electron chi connectivity index (χ4n) is 5.09. The monoisotopic (exact) mass is 441 g/mol. The molecule has 1 saturated carbocycles. The van der Waals surface area contributed by atoms with Gasteiger partial charge in [0, 0.05) is 49.3 Å². The molecule has 32 heavy (non-hydrogen) atoms. The summed E-state index contributed by atoms with van der Waals surface area (Å²) < 4.78 is 6.78. The van der Waals surface area contributed by atoms with E-state index in [4.69, 9.17) is 4.74 Å². The minimum absolute atomic E-state index is 0.0316. The number of hydrogen-bond donors (Lipinski definition) is 1. The van der Waals surface area contributed by atoms with Crippen molar-refractivity contribution in [3.63, 3.8) is 0 Å². The summed E-state index contributed by atoms with van der Waals surface area (Å²) in [6.45, 7) is 4.93. The number of nitrogens with zero attached hydrogens (tertiary/aromatic N) is 4. The van der Waals surface area contributed by atoms with Gasteiger partial charge in [-0.1, -0.05) is 6.42 Å². The van der Waals surface area contributed by atoms with Crippen molar-refractivity contribution in [2.45, 2.75) is 57.9 Å². The van der Waals surface area contributed by atoms with E-state index in [1.807, 2.05) is 17.9 Å². The van der Waals surface area contributed by atoms with Gasteiger partial charge in [0.25, 0.3) is 5.56 Å². The Morgan fingerprint density at radius 1 is 1.16 bits per heavy atom. The lowest BCUT2D eigenvalue weighted by atomic mass is 9.84. The maximum atomic E-state index is 13.2. The predicted molar refractivity (Wildman–Crippen MR) is 117 cm³/mol. The van der Waals surface area contributed by atoms with Crippen molar-refractivity contribution in [3.05, 3.63) is 33.4 Å². The topological polar surface area (TPSA) is 100 Å². The van der Waals surface area contributed by atoms with Crippen molar-refractivity contribution < 1.29 is 14.3 Å². The third kappa shape index (κ3) is 3.83. The third-order valence-corrected chi connectivity index (χ3v) is 7.24. The van der Waals surface area contributed by atoms with Crippen LogP contribution < -0.4 is 5.56 Å². The van der Waals surface area contributed by atoms with Crippen molar-refractivity contribution >= 4 is 17.5 Å². The molecule has 2 aromatic heterocycles. The molecule has 9 heteroatoms. The Bertz CT molecular complexity index is 1080. The summed E-state index contributed by atoms with van der Waals surface area (Å²) >= 11 is 0. The summed E-state index contributed by atoms with van der Waals surface area (Å²) in [5.41, 5.74) is 2.48. The van der Waals surface area contributed by atoms with Gasteiger partial charge in [-0.05, 0) is 39.0 Å². The highest BCUT2D eigenvalue weighted by molar-refractivity contribution is 5.80. The predicted octanol–water partition coefficient (Wildman–Crippen LogP) is 1.59. The van der Waals surface area contributed by atoms with E-state index < -0.39 is 0 Å². The SMILES string of the molecule is Cc1nc2cc([C@@H]3CCCN3C(=O)C3CCC3)[nH]n2c(=O)c1CCC(=O)N1CCOCC1. The smallest absolute Gasteiger partial charge is 0.276 e. The second kappa shape index (κ2) is 8.69. The van der Waals surface area contributed by atoms with Crippen LogP contribution in [0.3, 0.4) is 0 Å². The minimum atomic E-state index is -0.164. The third-order valence-electron chi connectivity index (χ3n) is 7.24. The van der Waals surface area contributed by atoms with Crippen LogP contribution in [0.2, 0.25) is 0 Å². The molecule has 172 valence electrons. The molecule has 9 nitrogen and oxygen atoms in total. The Morgan fingerprint density at radius 3 is 2.66 bits per heavy atom. The first kappa shape index (κ1) is 21.2. The van der Waals surface area contributed by atoms with Crippen molar-refractivity contribution in [2.75, 3.05) is 32.8 Å². The van der Waals surface area contributed by atoms with E-state index in [0.29, 0.717) is 49.6 Å². The lowest BCUT2D eigenvalue weighted by molar-refractivity contribution is -0.139. The fourth-order valence-corrected chi connectivity index (χ4v) is 5.09. The van der Waals surface area contributed by atoms with Gasteiger partial charge in [-0.3, -0.25) is 19.5 Å². The van der Waals surface area contributed by atoms with E-state index in [2.05, 4.69) is 10.1 Å². The van der Waals surface area contributed by atoms with E-state index >= 15 is 0 Å². The first-order valence-electron chi connectivity index (χ1n) is 11.8. The van der Waals surface area contributed by atoms with E-state index in [1.165, 1.54) is 4.52 Å². The molecule has 3 fully saturated rings. The number of aromatic amines is 1. The average molecular weight is 442 g/mol. The lowest BCUT2D eigenvalue weighted by Crippen LogP contribution is -2.41. The summed E-state index contributed by atoms with van der Waals surface area (Å²) in [5.74, 6) is 0.454.